The third-order valence-corrected chi connectivity index (χ3v) is 3.76. The minimum Gasteiger partial charge on any atom is -0.493 e. The minimum atomic E-state index is 0.441. The molecule has 0 aliphatic rings. The standard InChI is InChI=1S/C20H17ClN2O2/c1-24-20-11-16(12-23-18-3-2-10-22-13-18)6-9-19(20)25-14-15-4-7-17(21)8-5-15/h2-13H,14H2,1H3. The summed E-state index contributed by atoms with van der Waals surface area (Å²) < 4.78 is 11.3. The fourth-order valence-electron chi connectivity index (χ4n) is 2.20. The summed E-state index contributed by atoms with van der Waals surface area (Å²) in [7, 11) is 1.62. The van der Waals surface area contributed by atoms with E-state index in [0.29, 0.717) is 23.1 Å². The fraction of sp³-hybridized carbons (Fsp3) is 0.100. The van der Waals surface area contributed by atoms with Crippen molar-refractivity contribution >= 4 is 23.5 Å². The highest BCUT2D eigenvalue weighted by Crippen LogP contribution is 2.28. The summed E-state index contributed by atoms with van der Waals surface area (Å²) in [5.41, 5.74) is 2.75. The Morgan fingerprint density at radius 2 is 1.92 bits per heavy atom. The molecule has 5 heteroatoms. The van der Waals surface area contributed by atoms with Gasteiger partial charge in [-0.1, -0.05) is 23.7 Å². The number of pyridine rings is 1. The molecule has 0 fully saturated rings. The molecule has 1 heterocycles. The lowest BCUT2D eigenvalue weighted by Gasteiger charge is -2.11. The molecular weight excluding hydrogens is 336 g/mol. The molecule has 25 heavy (non-hydrogen) atoms. The van der Waals surface area contributed by atoms with Crippen LogP contribution in [-0.2, 0) is 6.61 Å². The van der Waals surface area contributed by atoms with E-state index >= 15 is 0 Å². The van der Waals surface area contributed by atoms with Crippen LogP contribution in [0.15, 0.2) is 72.0 Å². The van der Waals surface area contributed by atoms with Crippen LogP contribution in [0.2, 0.25) is 5.02 Å². The van der Waals surface area contributed by atoms with Crippen molar-refractivity contribution in [2.24, 2.45) is 4.99 Å². The number of ether oxygens (including phenoxy) is 2. The van der Waals surface area contributed by atoms with Crippen LogP contribution >= 0.6 is 11.6 Å². The number of benzene rings is 2. The lowest BCUT2D eigenvalue weighted by Crippen LogP contribution is -1.98. The lowest BCUT2D eigenvalue weighted by molar-refractivity contribution is 0.284. The van der Waals surface area contributed by atoms with Crippen molar-refractivity contribution in [1.29, 1.82) is 0 Å². The van der Waals surface area contributed by atoms with Gasteiger partial charge in [-0.3, -0.25) is 9.98 Å². The molecule has 0 N–H and O–H groups in total. The normalized spacial score (nSPS) is 10.8. The van der Waals surface area contributed by atoms with Gasteiger partial charge in [-0.15, -0.1) is 0 Å². The zero-order chi connectivity index (χ0) is 17.5. The van der Waals surface area contributed by atoms with Gasteiger partial charge in [0.2, 0.25) is 0 Å². The Morgan fingerprint density at radius 1 is 1.08 bits per heavy atom. The molecule has 0 aliphatic carbocycles. The molecule has 1 aromatic heterocycles. The Kier molecular flexibility index (Phi) is 5.65. The average molecular weight is 353 g/mol. The summed E-state index contributed by atoms with van der Waals surface area (Å²) in [6.45, 7) is 0.441. The first-order valence-electron chi connectivity index (χ1n) is 7.74. The zero-order valence-electron chi connectivity index (χ0n) is 13.7. The number of hydrogen-bond donors (Lipinski definition) is 0. The van der Waals surface area contributed by atoms with Crippen molar-refractivity contribution in [2.75, 3.05) is 7.11 Å². The van der Waals surface area contributed by atoms with Gasteiger partial charge in [0, 0.05) is 17.4 Å². The van der Waals surface area contributed by atoms with E-state index in [1.165, 1.54) is 0 Å². The molecule has 0 aliphatic heterocycles. The molecule has 2 aromatic carbocycles. The zero-order valence-corrected chi connectivity index (χ0v) is 14.5. The highest BCUT2D eigenvalue weighted by Gasteiger charge is 2.06. The SMILES string of the molecule is COc1cc(C=Nc2cccnc2)ccc1OCc1ccc(Cl)cc1. The number of halogens is 1. The van der Waals surface area contributed by atoms with Crippen LogP contribution in [0.5, 0.6) is 11.5 Å². The Labute approximate surface area is 151 Å². The van der Waals surface area contributed by atoms with Gasteiger partial charge in [0.15, 0.2) is 11.5 Å². The lowest BCUT2D eigenvalue weighted by atomic mass is 10.2. The monoisotopic (exact) mass is 352 g/mol. The van der Waals surface area contributed by atoms with Gasteiger partial charge in [0.05, 0.1) is 19.0 Å². The van der Waals surface area contributed by atoms with Gasteiger partial charge in [0.1, 0.15) is 6.61 Å². The van der Waals surface area contributed by atoms with Crippen LogP contribution < -0.4 is 9.47 Å². The maximum atomic E-state index is 5.89. The van der Waals surface area contributed by atoms with Crippen molar-refractivity contribution in [3.05, 3.63) is 83.1 Å². The minimum absolute atomic E-state index is 0.441. The molecule has 0 saturated carbocycles. The third-order valence-electron chi connectivity index (χ3n) is 3.50. The first-order chi connectivity index (χ1) is 12.2. The van der Waals surface area contributed by atoms with Crippen LogP contribution in [0.25, 0.3) is 0 Å². The van der Waals surface area contributed by atoms with Gasteiger partial charge in [0.25, 0.3) is 0 Å². The summed E-state index contributed by atoms with van der Waals surface area (Å²) in [5, 5.41) is 0.707. The van der Waals surface area contributed by atoms with Gasteiger partial charge in [-0.25, -0.2) is 0 Å². The van der Waals surface area contributed by atoms with Crippen molar-refractivity contribution in [2.45, 2.75) is 6.61 Å². The Hall–Kier alpha value is -2.85. The topological polar surface area (TPSA) is 43.7 Å². The summed E-state index contributed by atoms with van der Waals surface area (Å²) >= 11 is 5.89. The maximum absolute atomic E-state index is 5.89. The number of hydrogen-bond acceptors (Lipinski definition) is 4. The van der Waals surface area contributed by atoms with E-state index in [0.717, 1.165) is 16.8 Å². The summed E-state index contributed by atoms with van der Waals surface area (Å²) in [6.07, 6.45) is 5.19. The maximum Gasteiger partial charge on any atom is 0.161 e. The molecule has 0 atom stereocenters. The highest BCUT2D eigenvalue weighted by molar-refractivity contribution is 6.30. The van der Waals surface area contributed by atoms with E-state index in [2.05, 4.69) is 9.98 Å². The molecule has 0 unspecified atom stereocenters. The largest absolute Gasteiger partial charge is 0.493 e. The van der Waals surface area contributed by atoms with E-state index in [-0.39, 0.29) is 0 Å². The fourth-order valence-corrected chi connectivity index (χ4v) is 2.33. The Morgan fingerprint density at radius 3 is 2.64 bits per heavy atom. The molecular formula is C20H17ClN2O2. The molecule has 0 spiro atoms. The van der Waals surface area contributed by atoms with Crippen LogP contribution in [0.3, 0.4) is 0 Å². The Balaban J connectivity index is 1.71. The first-order valence-corrected chi connectivity index (χ1v) is 8.12. The first kappa shape index (κ1) is 17.0. The quantitative estimate of drug-likeness (QED) is 0.581. The molecule has 0 amide bonds. The van der Waals surface area contributed by atoms with Crippen molar-refractivity contribution in [3.8, 4) is 11.5 Å². The summed E-state index contributed by atoms with van der Waals surface area (Å²) in [6, 6.07) is 17.0. The molecule has 4 nitrogen and oxygen atoms in total. The number of rotatable bonds is 6. The van der Waals surface area contributed by atoms with E-state index in [1.54, 1.807) is 25.7 Å². The van der Waals surface area contributed by atoms with E-state index < -0.39 is 0 Å². The second-order valence-corrected chi connectivity index (χ2v) is 5.73. The van der Waals surface area contributed by atoms with E-state index in [9.17, 15) is 0 Å². The molecule has 3 rings (SSSR count). The molecule has 0 radical (unpaired) electrons. The highest BCUT2D eigenvalue weighted by atomic mass is 35.5. The van der Waals surface area contributed by atoms with Crippen molar-refractivity contribution < 1.29 is 9.47 Å². The van der Waals surface area contributed by atoms with Crippen molar-refractivity contribution in [1.82, 2.24) is 4.98 Å². The van der Waals surface area contributed by atoms with Crippen molar-refractivity contribution in [3.63, 3.8) is 0 Å². The van der Waals surface area contributed by atoms with Crippen LogP contribution in [0.4, 0.5) is 5.69 Å². The van der Waals surface area contributed by atoms with E-state index in [4.69, 9.17) is 21.1 Å². The van der Waals surface area contributed by atoms with Gasteiger partial charge in [-0.2, -0.15) is 0 Å². The number of nitrogens with zero attached hydrogens (tertiary/aromatic N) is 2. The smallest absolute Gasteiger partial charge is 0.161 e. The third kappa shape index (κ3) is 4.81. The van der Waals surface area contributed by atoms with Gasteiger partial charge >= 0.3 is 0 Å². The number of methoxy groups -OCH3 is 1. The molecule has 126 valence electrons. The predicted octanol–water partition coefficient (Wildman–Crippen LogP) is 5.07. The van der Waals surface area contributed by atoms with Gasteiger partial charge in [-0.05, 0) is 53.6 Å². The van der Waals surface area contributed by atoms with Gasteiger partial charge < -0.3 is 9.47 Å². The van der Waals surface area contributed by atoms with Crippen LogP contribution in [0, 0.1) is 0 Å². The molecule has 0 saturated heterocycles. The predicted molar refractivity (Wildman–Crippen MR) is 100 cm³/mol. The van der Waals surface area contributed by atoms with E-state index in [1.807, 2.05) is 54.6 Å². The molecule has 3 aromatic rings. The molecule has 0 bridgehead atoms. The summed E-state index contributed by atoms with van der Waals surface area (Å²) in [5.74, 6) is 1.33. The number of aliphatic imine (C=N–C) groups is 1. The average Bonchev–Trinajstić information content (AvgIpc) is 2.67. The second kappa shape index (κ2) is 8.31. The second-order valence-electron chi connectivity index (χ2n) is 5.29. The Bertz CT molecular complexity index is 849. The number of aromatic nitrogens is 1. The van der Waals surface area contributed by atoms with Crippen LogP contribution in [0.1, 0.15) is 11.1 Å². The van der Waals surface area contributed by atoms with Crippen LogP contribution in [-0.4, -0.2) is 18.3 Å². The summed E-state index contributed by atoms with van der Waals surface area (Å²) in [4.78, 5) is 8.42.